The fraction of sp³-hybridized carbons (Fsp3) is 0.269. The predicted molar refractivity (Wildman–Crippen MR) is 129 cm³/mol. The normalized spacial score (nSPS) is 15.4. The van der Waals surface area contributed by atoms with E-state index in [2.05, 4.69) is 4.72 Å². The molecule has 0 saturated heterocycles. The largest absolute Gasteiger partial charge is 0.497 e. The first-order chi connectivity index (χ1) is 15.7. The molecule has 6 nitrogen and oxygen atoms in total. The van der Waals surface area contributed by atoms with Crippen molar-refractivity contribution >= 4 is 21.6 Å². The van der Waals surface area contributed by atoms with Gasteiger partial charge in [0.15, 0.2) is 0 Å². The van der Waals surface area contributed by atoms with E-state index >= 15 is 0 Å². The van der Waals surface area contributed by atoms with Gasteiger partial charge in [-0.1, -0.05) is 18.2 Å². The summed E-state index contributed by atoms with van der Waals surface area (Å²) in [5.41, 5.74) is 5.25. The van der Waals surface area contributed by atoms with Crippen molar-refractivity contribution in [2.75, 3.05) is 12.0 Å². The van der Waals surface area contributed by atoms with Gasteiger partial charge in [0.2, 0.25) is 10.0 Å². The molecule has 1 atom stereocenters. The zero-order valence-corrected chi connectivity index (χ0v) is 20.1. The maximum atomic E-state index is 13.3. The van der Waals surface area contributed by atoms with E-state index in [1.54, 1.807) is 48.4 Å². The quantitative estimate of drug-likeness (QED) is 0.587. The van der Waals surface area contributed by atoms with Crippen LogP contribution < -0.4 is 14.4 Å². The summed E-state index contributed by atoms with van der Waals surface area (Å²) >= 11 is 0. The standard InChI is InChI=1S/C26H28N2O4S/c1-17-5-12-24(13-18(17)2)33(30,31)27-16-20-6-7-22-14-19(3)28(25(22)15-20)26(29)21-8-10-23(32-4)11-9-21/h5-13,15,19,27H,14,16H2,1-4H3/t19-/m0/s1. The molecule has 0 aliphatic carbocycles. The number of aryl methyl sites for hydroxylation is 2. The van der Waals surface area contributed by atoms with E-state index in [4.69, 9.17) is 4.74 Å². The Labute approximate surface area is 195 Å². The van der Waals surface area contributed by atoms with Crippen molar-refractivity contribution in [1.82, 2.24) is 4.72 Å². The van der Waals surface area contributed by atoms with Gasteiger partial charge in [0, 0.05) is 23.8 Å². The number of anilines is 1. The van der Waals surface area contributed by atoms with Gasteiger partial charge in [-0.15, -0.1) is 0 Å². The molecule has 7 heteroatoms. The van der Waals surface area contributed by atoms with E-state index in [0.717, 1.165) is 34.4 Å². The zero-order valence-electron chi connectivity index (χ0n) is 19.3. The first-order valence-corrected chi connectivity index (χ1v) is 12.3. The van der Waals surface area contributed by atoms with Gasteiger partial charge in [-0.2, -0.15) is 0 Å². The number of benzene rings is 3. The van der Waals surface area contributed by atoms with Crippen LogP contribution in [-0.2, 0) is 23.0 Å². The molecule has 172 valence electrons. The highest BCUT2D eigenvalue weighted by molar-refractivity contribution is 7.89. The number of nitrogens with one attached hydrogen (secondary N) is 1. The van der Waals surface area contributed by atoms with Crippen LogP contribution in [0.25, 0.3) is 0 Å². The molecule has 33 heavy (non-hydrogen) atoms. The van der Waals surface area contributed by atoms with Crippen LogP contribution in [0, 0.1) is 13.8 Å². The van der Waals surface area contributed by atoms with Crippen LogP contribution in [0.5, 0.6) is 5.75 Å². The van der Waals surface area contributed by atoms with Crippen LogP contribution in [-0.4, -0.2) is 27.5 Å². The van der Waals surface area contributed by atoms with Crippen molar-refractivity contribution in [3.63, 3.8) is 0 Å². The van der Waals surface area contributed by atoms with Crippen molar-refractivity contribution < 1.29 is 17.9 Å². The Morgan fingerprint density at radius 2 is 1.76 bits per heavy atom. The minimum absolute atomic E-state index is 0.0112. The molecule has 0 bridgehead atoms. The van der Waals surface area contributed by atoms with Gasteiger partial charge in [0.1, 0.15) is 5.75 Å². The molecule has 1 N–H and O–H groups in total. The highest BCUT2D eigenvalue weighted by Crippen LogP contribution is 2.34. The van der Waals surface area contributed by atoms with Gasteiger partial charge in [-0.25, -0.2) is 13.1 Å². The van der Waals surface area contributed by atoms with Crippen molar-refractivity contribution in [1.29, 1.82) is 0 Å². The second-order valence-corrected chi connectivity index (χ2v) is 10.3. The summed E-state index contributed by atoms with van der Waals surface area (Å²) in [6.45, 7) is 6.00. The third kappa shape index (κ3) is 4.65. The van der Waals surface area contributed by atoms with Crippen molar-refractivity contribution in [3.8, 4) is 5.75 Å². The molecule has 1 amide bonds. The summed E-state index contributed by atoms with van der Waals surface area (Å²) in [6, 6.07) is 18.0. The number of carbonyl (C=O) groups is 1. The van der Waals surface area contributed by atoms with Crippen LogP contribution in [0.2, 0.25) is 0 Å². The molecule has 0 aromatic heterocycles. The van der Waals surface area contributed by atoms with Crippen molar-refractivity contribution in [2.24, 2.45) is 0 Å². The molecule has 3 aromatic rings. The van der Waals surface area contributed by atoms with Crippen molar-refractivity contribution in [3.05, 3.63) is 88.5 Å². The van der Waals surface area contributed by atoms with E-state index in [9.17, 15) is 13.2 Å². The van der Waals surface area contributed by atoms with Gasteiger partial charge >= 0.3 is 0 Å². The third-order valence-corrected chi connectivity index (χ3v) is 7.58. The number of hydrogen-bond donors (Lipinski definition) is 1. The lowest BCUT2D eigenvalue weighted by Crippen LogP contribution is -2.35. The Balaban J connectivity index is 1.55. The molecule has 0 radical (unpaired) electrons. The van der Waals surface area contributed by atoms with Crippen LogP contribution in [0.4, 0.5) is 5.69 Å². The summed E-state index contributed by atoms with van der Waals surface area (Å²) in [5.74, 6) is 0.608. The average Bonchev–Trinajstić information content (AvgIpc) is 3.14. The minimum atomic E-state index is -3.64. The number of methoxy groups -OCH3 is 1. The summed E-state index contributed by atoms with van der Waals surface area (Å²) in [6.07, 6.45) is 0.756. The third-order valence-electron chi connectivity index (χ3n) is 6.18. The van der Waals surface area contributed by atoms with E-state index in [1.165, 1.54) is 0 Å². The highest BCUT2D eigenvalue weighted by Gasteiger charge is 2.31. The van der Waals surface area contributed by atoms with Crippen LogP contribution in [0.1, 0.15) is 39.5 Å². The van der Waals surface area contributed by atoms with Crippen molar-refractivity contribution in [2.45, 2.75) is 44.7 Å². The number of amides is 1. The minimum Gasteiger partial charge on any atom is -0.497 e. The molecule has 0 saturated carbocycles. The molecule has 1 heterocycles. The molecular weight excluding hydrogens is 436 g/mol. The fourth-order valence-corrected chi connectivity index (χ4v) is 5.19. The van der Waals surface area contributed by atoms with Crippen LogP contribution >= 0.6 is 0 Å². The Kier molecular flexibility index (Phi) is 6.28. The number of carbonyl (C=O) groups excluding carboxylic acids is 1. The van der Waals surface area contributed by atoms with Crippen LogP contribution in [0.15, 0.2) is 65.6 Å². The van der Waals surface area contributed by atoms with Gasteiger partial charge < -0.3 is 9.64 Å². The topological polar surface area (TPSA) is 75.7 Å². The molecule has 4 rings (SSSR count). The Morgan fingerprint density at radius 3 is 2.42 bits per heavy atom. The first kappa shape index (κ1) is 23.0. The van der Waals surface area contributed by atoms with E-state index in [-0.39, 0.29) is 23.4 Å². The first-order valence-electron chi connectivity index (χ1n) is 10.9. The monoisotopic (exact) mass is 464 g/mol. The summed E-state index contributed by atoms with van der Waals surface area (Å²) in [5, 5.41) is 0. The lowest BCUT2D eigenvalue weighted by molar-refractivity contribution is 0.0981. The maximum Gasteiger partial charge on any atom is 0.258 e. The van der Waals surface area contributed by atoms with E-state index in [0.29, 0.717) is 11.3 Å². The molecule has 0 fully saturated rings. The Bertz CT molecular complexity index is 1300. The number of sulfonamides is 1. The number of nitrogens with zero attached hydrogens (tertiary/aromatic N) is 1. The lowest BCUT2D eigenvalue weighted by Gasteiger charge is -2.23. The SMILES string of the molecule is COc1ccc(C(=O)N2c3cc(CNS(=O)(=O)c4ccc(C)c(C)c4)ccc3C[C@@H]2C)cc1. The van der Waals surface area contributed by atoms with Gasteiger partial charge in [-0.3, -0.25) is 4.79 Å². The summed E-state index contributed by atoms with van der Waals surface area (Å²) in [7, 11) is -2.06. The Morgan fingerprint density at radius 1 is 1.03 bits per heavy atom. The second kappa shape index (κ2) is 9.00. The Hall–Kier alpha value is -3.16. The zero-order chi connectivity index (χ0) is 23.8. The number of hydrogen-bond acceptors (Lipinski definition) is 4. The van der Waals surface area contributed by atoms with Gasteiger partial charge in [0.25, 0.3) is 5.91 Å². The maximum absolute atomic E-state index is 13.3. The number of fused-ring (bicyclic) bond motifs is 1. The molecular formula is C26H28N2O4S. The molecule has 1 aliphatic rings. The lowest BCUT2D eigenvalue weighted by atomic mass is 10.1. The number of ether oxygens (including phenoxy) is 1. The summed E-state index contributed by atoms with van der Waals surface area (Å²) < 4.78 is 33.4. The molecule has 3 aromatic carbocycles. The predicted octanol–water partition coefficient (Wildman–Crippen LogP) is 4.38. The highest BCUT2D eigenvalue weighted by atomic mass is 32.2. The smallest absolute Gasteiger partial charge is 0.258 e. The fourth-order valence-electron chi connectivity index (χ4n) is 4.09. The molecule has 1 aliphatic heterocycles. The average molecular weight is 465 g/mol. The van der Waals surface area contributed by atoms with Gasteiger partial charge in [-0.05, 0) is 91.9 Å². The summed E-state index contributed by atoms with van der Waals surface area (Å²) in [4.78, 5) is 15.3. The van der Waals surface area contributed by atoms with Gasteiger partial charge in [0.05, 0.1) is 12.0 Å². The van der Waals surface area contributed by atoms with E-state index < -0.39 is 10.0 Å². The van der Waals surface area contributed by atoms with Crippen LogP contribution in [0.3, 0.4) is 0 Å². The second-order valence-electron chi connectivity index (χ2n) is 8.49. The molecule has 0 spiro atoms. The number of rotatable bonds is 6. The van der Waals surface area contributed by atoms with E-state index in [1.807, 2.05) is 45.0 Å². The molecule has 0 unspecified atom stereocenters.